The van der Waals surface area contributed by atoms with Gasteiger partial charge in [-0.05, 0) is 30.5 Å². The molecule has 134 valence electrons. The largest absolute Gasteiger partial charge is 0.354 e. The lowest BCUT2D eigenvalue weighted by Gasteiger charge is -2.24. The molecule has 0 spiro atoms. The highest BCUT2D eigenvalue weighted by molar-refractivity contribution is 7.99. The van der Waals surface area contributed by atoms with Gasteiger partial charge in [0, 0.05) is 40.9 Å². The van der Waals surface area contributed by atoms with E-state index in [2.05, 4.69) is 53.3 Å². The molecule has 1 saturated heterocycles. The van der Waals surface area contributed by atoms with E-state index in [1.807, 2.05) is 23.3 Å². The fourth-order valence-electron chi connectivity index (χ4n) is 3.10. The van der Waals surface area contributed by atoms with E-state index in [0.29, 0.717) is 24.3 Å². The first kappa shape index (κ1) is 18.3. The van der Waals surface area contributed by atoms with Crippen LogP contribution in [-0.2, 0) is 11.2 Å². The Hall–Kier alpha value is -1.53. The van der Waals surface area contributed by atoms with Gasteiger partial charge >= 0.3 is 0 Å². The van der Waals surface area contributed by atoms with E-state index in [-0.39, 0.29) is 5.91 Å². The molecule has 1 aromatic heterocycles. The molecule has 1 N–H and O–H groups in total. The Morgan fingerprint density at radius 3 is 2.88 bits per heavy atom. The fraction of sp³-hybridized carbons (Fsp3) is 0.474. The lowest BCUT2D eigenvalue weighted by Crippen LogP contribution is -2.40. The molecule has 1 amide bonds. The number of anilines is 1. The molecule has 2 heterocycles. The SMILES string of the molecule is CC(C)Sc1ccc(CC(=O)NCC2CCCN2c2nccs2)cc1. The Morgan fingerprint density at radius 1 is 1.40 bits per heavy atom. The third-order valence-electron chi connectivity index (χ3n) is 4.24. The maximum Gasteiger partial charge on any atom is 0.224 e. The minimum Gasteiger partial charge on any atom is -0.354 e. The molecule has 0 aliphatic carbocycles. The van der Waals surface area contributed by atoms with Gasteiger partial charge in [-0.25, -0.2) is 4.98 Å². The number of benzene rings is 1. The minimum atomic E-state index is 0.0928. The number of hydrogen-bond acceptors (Lipinski definition) is 5. The van der Waals surface area contributed by atoms with Crippen molar-refractivity contribution in [2.45, 2.75) is 49.3 Å². The van der Waals surface area contributed by atoms with Crippen LogP contribution in [0, 0.1) is 0 Å². The molecule has 4 nitrogen and oxygen atoms in total. The van der Waals surface area contributed by atoms with Gasteiger partial charge < -0.3 is 10.2 Å². The lowest BCUT2D eigenvalue weighted by atomic mass is 10.1. The molecule has 0 bridgehead atoms. The zero-order valence-corrected chi connectivity index (χ0v) is 16.4. The van der Waals surface area contributed by atoms with Gasteiger partial charge in [-0.1, -0.05) is 26.0 Å². The molecule has 1 atom stereocenters. The first-order valence-electron chi connectivity index (χ1n) is 8.80. The number of thioether (sulfide) groups is 1. The highest BCUT2D eigenvalue weighted by atomic mass is 32.2. The van der Waals surface area contributed by atoms with Gasteiger partial charge in [0.15, 0.2) is 5.13 Å². The van der Waals surface area contributed by atoms with Crippen molar-refractivity contribution in [1.82, 2.24) is 10.3 Å². The summed E-state index contributed by atoms with van der Waals surface area (Å²) >= 11 is 3.51. The van der Waals surface area contributed by atoms with E-state index in [1.54, 1.807) is 11.3 Å². The molecule has 3 rings (SSSR count). The molecule has 1 unspecified atom stereocenters. The highest BCUT2D eigenvalue weighted by Gasteiger charge is 2.26. The van der Waals surface area contributed by atoms with Crippen LogP contribution in [0.5, 0.6) is 0 Å². The normalized spacial score (nSPS) is 17.2. The number of nitrogens with zero attached hydrogens (tertiary/aromatic N) is 2. The van der Waals surface area contributed by atoms with Crippen LogP contribution in [0.25, 0.3) is 0 Å². The second kappa shape index (κ2) is 8.72. The Bertz CT molecular complexity index is 670. The van der Waals surface area contributed by atoms with Crippen molar-refractivity contribution in [1.29, 1.82) is 0 Å². The predicted octanol–water partition coefficient (Wildman–Crippen LogP) is 3.97. The standard InChI is InChI=1S/C19H25N3OS2/c1-14(2)25-17-7-5-15(6-8-17)12-18(23)21-13-16-4-3-10-22(16)19-20-9-11-24-19/h5-9,11,14,16H,3-4,10,12-13H2,1-2H3,(H,21,23). The highest BCUT2D eigenvalue weighted by Crippen LogP contribution is 2.27. The van der Waals surface area contributed by atoms with Gasteiger partial charge in [-0.2, -0.15) is 0 Å². The molecule has 1 aromatic carbocycles. The van der Waals surface area contributed by atoms with E-state index >= 15 is 0 Å². The number of nitrogens with one attached hydrogen (secondary N) is 1. The van der Waals surface area contributed by atoms with E-state index in [1.165, 1.54) is 4.90 Å². The van der Waals surface area contributed by atoms with Crippen LogP contribution in [0.4, 0.5) is 5.13 Å². The van der Waals surface area contributed by atoms with Gasteiger partial charge in [0.1, 0.15) is 0 Å². The number of aromatic nitrogens is 1. The molecule has 1 aliphatic heterocycles. The molecule has 25 heavy (non-hydrogen) atoms. The summed E-state index contributed by atoms with van der Waals surface area (Å²) in [4.78, 5) is 20.3. The maximum atomic E-state index is 12.3. The Balaban J connectivity index is 1.48. The topological polar surface area (TPSA) is 45.2 Å². The second-order valence-electron chi connectivity index (χ2n) is 6.60. The second-order valence-corrected chi connectivity index (χ2v) is 9.12. The van der Waals surface area contributed by atoms with E-state index in [4.69, 9.17) is 0 Å². The summed E-state index contributed by atoms with van der Waals surface area (Å²) in [5, 5.41) is 6.74. The van der Waals surface area contributed by atoms with E-state index in [9.17, 15) is 4.79 Å². The fourth-order valence-corrected chi connectivity index (χ4v) is 4.67. The van der Waals surface area contributed by atoms with Gasteiger partial charge in [0.05, 0.1) is 6.42 Å². The monoisotopic (exact) mass is 375 g/mol. The Kier molecular flexibility index (Phi) is 6.37. The molecule has 6 heteroatoms. The third kappa shape index (κ3) is 5.22. The first-order chi connectivity index (χ1) is 12.1. The van der Waals surface area contributed by atoms with Crippen molar-refractivity contribution in [3.63, 3.8) is 0 Å². The zero-order chi connectivity index (χ0) is 17.6. The number of amides is 1. The minimum absolute atomic E-state index is 0.0928. The average molecular weight is 376 g/mol. The molecule has 1 fully saturated rings. The van der Waals surface area contributed by atoms with Crippen molar-refractivity contribution in [2.75, 3.05) is 18.0 Å². The van der Waals surface area contributed by atoms with Crippen molar-refractivity contribution in [2.24, 2.45) is 0 Å². The van der Waals surface area contributed by atoms with E-state index in [0.717, 1.165) is 30.1 Å². The van der Waals surface area contributed by atoms with Gasteiger partial charge in [0.2, 0.25) is 5.91 Å². The molecule has 2 aromatic rings. The summed E-state index contributed by atoms with van der Waals surface area (Å²) in [5.74, 6) is 0.0928. The molecule has 0 radical (unpaired) electrons. The number of rotatable bonds is 7. The van der Waals surface area contributed by atoms with Crippen molar-refractivity contribution in [3.8, 4) is 0 Å². The van der Waals surface area contributed by atoms with Crippen LogP contribution >= 0.6 is 23.1 Å². The van der Waals surface area contributed by atoms with Crippen LogP contribution in [-0.4, -0.2) is 35.3 Å². The summed E-state index contributed by atoms with van der Waals surface area (Å²) in [6.45, 7) is 6.09. The smallest absolute Gasteiger partial charge is 0.224 e. The average Bonchev–Trinajstić information content (AvgIpc) is 3.25. The third-order valence-corrected chi connectivity index (χ3v) is 6.06. The molecule has 1 aliphatic rings. The molecule has 0 saturated carbocycles. The summed E-state index contributed by atoms with van der Waals surface area (Å²) in [6, 6.07) is 8.69. The first-order valence-corrected chi connectivity index (χ1v) is 10.6. The van der Waals surface area contributed by atoms with Crippen molar-refractivity contribution < 1.29 is 4.79 Å². The summed E-state index contributed by atoms with van der Waals surface area (Å²) in [5.41, 5.74) is 1.06. The zero-order valence-electron chi connectivity index (χ0n) is 14.8. The van der Waals surface area contributed by atoms with Crippen LogP contribution in [0.1, 0.15) is 32.3 Å². The number of thiazole rings is 1. The summed E-state index contributed by atoms with van der Waals surface area (Å²) in [7, 11) is 0. The summed E-state index contributed by atoms with van der Waals surface area (Å²) in [6.07, 6.45) is 4.56. The quantitative estimate of drug-likeness (QED) is 0.744. The number of hydrogen-bond donors (Lipinski definition) is 1. The Morgan fingerprint density at radius 2 is 2.20 bits per heavy atom. The maximum absolute atomic E-state index is 12.3. The van der Waals surface area contributed by atoms with Gasteiger partial charge in [-0.15, -0.1) is 23.1 Å². The van der Waals surface area contributed by atoms with Crippen LogP contribution < -0.4 is 10.2 Å². The van der Waals surface area contributed by atoms with Crippen LogP contribution in [0.3, 0.4) is 0 Å². The van der Waals surface area contributed by atoms with E-state index < -0.39 is 0 Å². The van der Waals surface area contributed by atoms with Crippen molar-refractivity contribution in [3.05, 3.63) is 41.4 Å². The predicted molar refractivity (Wildman–Crippen MR) is 107 cm³/mol. The van der Waals surface area contributed by atoms with Gasteiger partial charge in [-0.3, -0.25) is 4.79 Å². The van der Waals surface area contributed by atoms with Gasteiger partial charge in [0.25, 0.3) is 0 Å². The van der Waals surface area contributed by atoms with Crippen LogP contribution in [0.2, 0.25) is 0 Å². The van der Waals surface area contributed by atoms with Crippen LogP contribution in [0.15, 0.2) is 40.7 Å². The molecular weight excluding hydrogens is 350 g/mol. The number of carbonyl (C=O) groups excluding carboxylic acids is 1. The number of carbonyl (C=O) groups is 1. The Labute approximate surface area is 158 Å². The van der Waals surface area contributed by atoms with Crippen molar-refractivity contribution >= 4 is 34.1 Å². The summed E-state index contributed by atoms with van der Waals surface area (Å²) < 4.78 is 0. The molecular formula is C19H25N3OS2. The lowest BCUT2D eigenvalue weighted by molar-refractivity contribution is -0.120.